The predicted octanol–water partition coefficient (Wildman–Crippen LogP) is 1.80. The fraction of sp³-hybridized carbons (Fsp3) is 0.300. The van der Waals surface area contributed by atoms with Crippen LogP contribution in [-0.4, -0.2) is 23.2 Å². The number of aliphatic imine (C=N–C) groups is 1. The monoisotopic (exact) mass is 244 g/mol. The van der Waals surface area contributed by atoms with Gasteiger partial charge in [0.15, 0.2) is 0 Å². The van der Waals surface area contributed by atoms with Crippen molar-refractivity contribution in [2.24, 2.45) is 10.7 Å². The van der Waals surface area contributed by atoms with E-state index in [1.165, 1.54) is 20.2 Å². The first-order chi connectivity index (χ1) is 7.90. The second-order valence-electron chi connectivity index (χ2n) is 3.19. The Morgan fingerprint density at radius 3 is 2.59 bits per heavy atom. The second kappa shape index (κ2) is 4.94. The first-order valence-corrected chi connectivity index (χ1v) is 4.65. The van der Waals surface area contributed by atoms with Gasteiger partial charge in [0.1, 0.15) is 11.4 Å². The number of hydrogen-bond donors (Lipinski definition) is 1. The standard InChI is InChI=1S/C10H11F3N4/c1-6-16-5-8(10(11,12)13)9(17-6)7(3-14)4-15-2/h3-5H,14H2,1-2H3/b7-3+,15-4?. The van der Waals surface area contributed by atoms with Crippen LogP contribution < -0.4 is 5.73 Å². The van der Waals surface area contributed by atoms with Crippen molar-refractivity contribution in [3.05, 3.63) is 29.5 Å². The Morgan fingerprint density at radius 2 is 2.12 bits per heavy atom. The van der Waals surface area contributed by atoms with E-state index >= 15 is 0 Å². The van der Waals surface area contributed by atoms with Crippen LogP contribution in [0, 0.1) is 6.92 Å². The molecule has 0 aromatic carbocycles. The summed E-state index contributed by atoms with van der Waals surface area (Å²) in [4.78, 5) is 10.9. The van der Waals surface area contributed by atoms with Gasteiger partial charge in [-0.1, -0.05) is 0 Å². The average molecular weight is 244 g/mol. The highest BCUT2D eigenvalue weighted by molar-refractivity contribution is 6.09. The van der Waals surface area contributed by atoms with Crippen molar-refractivity contribution < 1.29 is 13.2 Å². The molecule has 1 rings (SSSR count). The summed E-state index contributed by atoms with van der Waals surface area (Å²) in [6.45, 7) is 1.50. The Kier molecular flexibility index (Phi) is 3.82. The van der Waals surface area contributed by atoms with E-state index in [-0.39, 0.29) is 17.1 Å². The molecule has 1 aromatic rings. The van der Waals surface area contributed by atoms with E-state index in [2.05, 4.69) is 15.0 Å². The number of hydrogen-bond acceptors (Lipinski definition) is 4. The van der Waals surface area contributed by atoms with Crippen molar-refractivity contribution in [2.75, 3.05) is 7.05 Å². The smallest absolute Gasteiger partial charge is 0.404 e. The lowest BCUT2D eigenvalue weighted by atomic mass is 10.1. The van der Waals surface area contributed by atoms with Crippen molar-refractivity contribution in [1.29, 1.82) is 0 Å². The highest BCUT2D eigenvalue weighted by atomic mass is 19.4. The molecule has 4 nitrogen and oxygen atoms in total. The lowest BCUT2D eigenvalue weighted by Crippen LogP contribution is -2.13. The van der Waals surface area contributed by atoms with Crippen LogP contribution >= 0.6 is 0 Å². The van der Waals surface area contributed by atoms with Crippen molar-refractivity contribution in [3.8, 4) is 0 Å². The van der Waals surface area contributed by atoms with Crippen molar-refractivity contribution in [2.45, 2.75) is 13.1 Å². The quantitative estimate of drug-likeness (QED) is 0.807. The van der Waals surface area contributed by atoms with Gasteiger partial charge in [0.05, 0.1) is 5.69 Å². The Morgan fingerprint density at radius 1 is 1.47 bits per heavy atom. The summed E-state index contributed by atoms with van der Waals surface area (Å²) in [5, 5.41) is 0. The molecule has 7 heteroatoms. The average Bonchev–Trinajstić information content (AvgIpc) is 2.24. The number of nitrogens with two attached hydrogens (primary N) is 1. The van der Waals surface area contributed by atoms with Crippen LogP contribution in [-0.2, 0) is 6.18 Å². The molecule has 92 valence electrons. The molecule has 0 aliphatic heterocycles. The lowest BCUT2D eigenvalue weighted by molar-refractivity contribution is -0.138. The first kappa shape index (κ1) is 13.1. The summed E-state index contributed by atoms with van der Waals surface area (Å²) in [6, 6.07) is 0. The van der Waals surface area contributed by atoms with Crippen molar-refractivity contribution >= 4 is 11.8 Å². The molecule has 1 heterocycles. The summed E-state index contributed by atoms with van der Waals surface area (Å²) in [7, 11) is 1.44. The zero-order valence-corrected chi connectivity index (χ0v) is 9.28. The molecular weight excluding hydrogens is 233 g/mol. The van der Waals surface area contributed by atoms with Crippen LogP contribution in [0.15, 0.2) is 17.4 Å². The second-order valence-corrected chi connectivity index (χ2v) is 3.19. The molecule has 0 atom stereocenters. The zero-order chi connectivity index (χ0) is 13.1. The summed E-state index contributed by atoms with van der Waals surface area (Å²) in [6.07, 6.45) is -1.54. The fourth-order valence-corrected chi connectivity index (χ4v) is 1.22. The van der Waals surface area contributed by atoms with Crippen LogP contribution in [0.1, 0.15) is 17.1 Å². The Labute approximate surface area is 96.1 Å². The van der Waals surface area contributed by atoms with Gasteiger partial charge in [-0.2, -0.15) is 13.2 Å². The lowest BCUT2D eigenvalue weighted by Gasteiger charge is -2.11. The van der Waals surface area contributed by atoms with Gasteiger partial charge in [-0.3, -0.25) is 4.99 Å². The van der Waals surface area contributed by atoms with Crippen molar-refractivity contribution in [1.82, 2.24) is 9.97 Å². The van der Waals surface area contributed by atoms with E-state index in [0.717, 1.165) is 12.4 Å². The maximum atomic E-state index is 12.7. The van der Waals surface area contributed by atoms with E-state index in [1.807, 2.05) is 0 Å². The topological polar surface area (TPSA) is 64.2 Å². The van der Waals surface area contributed by atoms with Gasteiger partial charge in [0.25, 0.3) is 0 Å². The normalized spacial score (nSPS) is 13.4. The number of allylic oxidation sites excluding steroid dienone is 1. The number of nitrogens with zero attached hydrogens (tertiary/aromatic N) is 3. The summed E-state index contributed by atoms with van der Waals surface area (Å²) < 4.78 is 38.2. The maximum Gasteiger partial charge on any atom is 0.419 e. The highest BCUT2D eigenvalue weighted by Gasteiger charge is 2.35. The molecule has 17 heavy (non-hydrogen) atoms. The van der Waals surface area contributed by atoms with Gasteiger partial charge in [0, 0.05) is 31.2 Å². The van der Waals surface area contributed by atoms with Gasteiger partial charge in [-0.25, -0.2) is 9.97 Å². The van der Waals surface area contributed by atoms with E-state index in [9.17, 15) is 13.2 Å². The van der Waals surface area contributed by atoms with E-state index < -0.39 is 11.7 Å². The van der Waals surface area contributed by atoms with Gasteiger partial charge in [-0.15, -0.1) is 0 Å². The largest absolute Gasteiger partial charge is 0.419 e. The third-order valence-corrected chi connectivity index (χ3v) is 1.94. The first-order valence-electron chi connectivity index (χ1n) is 4.65. The molecule has 0 aliphatic rings. The maximum absolute atomic E-state index is 12.7. The molecule has 0 aliphatic carbocycles. The third kappa shape index (κ3) is 3.02. The van der Waals surface area contributed by atoms with Crippen LogP contribution in [0.25, 0.3) is 5.57 Å². The molecule has 0 radical (unpaired) electrons. The van der Waals surface area contributed by atoms with E-state index in [1.54, 1.807) is 0 Å². The number of aryl methyl sites for hydroxylation is 1. The minimum Gasteiger partial charge on any atom is -0.404 e. The summed E-state index contributed by atoms with van der Waals surface area (Å²) in [5.74, 6) is 0.233. The molecule has 0 saturated heterocycles. The Balaban J connectivity index is 3.44. The van der Waals surface area contributed by atoms with E-state index in [4.69, 9.17) is 5.73 Å². The van der Waals surface area contributed by atoms with Gasteiger partial charge < -0.3 is 5.73 Å². The highest BCUT2D eigenvalue weighted by Crippen LogP contribution is 2.32. The molecule has 0 fully saturated rings. The van der Waals surface area contributed by atoms with Crippen LogP contribution in [0.4, 0.5) is 13.2 Å². The Bertz CT molecular complexity index is 463. The third-order valence-electron chi connectivity index (χ3n) is 1.94. The Hall–Kier alpha value is -1.92. The molecule has 0 saturated carbocycles. The minimum atomic E-state index is -4.53. The number of rotatable bonds is 2. The zero-order valence-electron chi connectivity index (χ0n) is 9.28. The van der Waals surface area contributed by atoms with Gasteiger partial charge in [0.2, 0.25) is 0 Å². The predicted molar refractivity (Wildman–Crippen MR) is 58.4 cm³/mol. The van der Waals surface area contributed by atoms with Gasteiger partial charge >= 0.3 is 6.18 Å². The SMILES string of the molecule is CN=C/C(=C\N)c1nc(C)ncc1C(F)(F)F. The molecular formula is C10H11F3N4. The van der Waals surface area contributed by atoms with Crippen LogP contribution in [0.2, 0.25) is 0 Å². The molecule has 2 N–H and O–H groups in total. The minimum absolute atomic E-state index is 0.102. The van der Waals surface area contributed by atoms with E-state index in [0.29, 0.717) is 0 Å². The van der Waals surface area contributed by atoms with Crippen LogP contribution in [0.3, 0.4) is 0 Å². The molecule has 0 unspecified atom stereocenters. The number of halogens is 3. The summed E-state index contributed by atoms with van der Waals surface area (Å²) >= 11 is 0. The molecule has 0 spiro atoms. The van der Waals surface area contributed by atoms with Gasteiger partial charge in [-0.05, 0) is 6.92 Å². The fourth-order valence-electron chi connectivity index (χ4n) is 1.22. The van der Waals surface area contributed by atoms with Crippen LogP contribution in [0.5, 0.6) is 0 Å². The molecule has 0 amide bonds. The summed E-state index contributed by atoms with van der Waals surface area (Å²) in [5.41, 5.74) is 4.18. The number of alkyl halides is 3. The molecule has 0 bridgehead atoms. The number of aromatic nitrogens is 2. The molecule has 1 aromatic heterocycles. The van der Waals surface area contributed by atoms with Crippen molar-refractivity contribution in [3.63, 3.8) is 0 Å².